The average molecular weight is 216 g/mol. The Morgan fingerprint density at radius 2 is 1.80 bits per heavy atom. The summed E-state index contributed by atoms with van der Waals surface area (Å²) in [4.78, 5) is 11.1. The highest BCUT2D eigenvalue weighted by atomic mass is 16.5. The van der Waals surface area contributed by atoms with Gasteiger partial charge in [-0.15, -0.1) is 0 Å². The molecule has 0 aromatic carbocycles. The van der Waals surface area contributed by atoms with Gasteiger partial charge >= 0.3 is 5.97 Å². The van der Waals surface area contributed by atoms with Gasteiger partial charge in [0.25, 0.3) is 0 Å². The van der Waals surface area contributed by atoms with Crippen LogP contribution >= 0.6 is 0 Å². The van der Waals surface area contributed by atoms with Crippen LogP contribution in [0.3, 0.4) is 0 Å². The number of carbonyl (C=O) groups is 1. The second-order valence-corrected chi connectivity index (χ2v) is 3.89. The van der Waals surface area contributed by atoms with Gasteiger partial charge in [-0.2, -0.15) is 0 Å². The maximum atomic E-state index is 11.1. The van der Waals surface area contributed by atoms with Gasteiger partial charge in [0.05, 0.1) is 6.61 Å². The smallest absolute Gasteiger partial charge is 0.334 e. The van der Waals surface area contributed by atoms with Gasteiger partial charge in [0, 0.05) is 0 Å². The molecule has 0 aromatic heterocycles. The minimum atomic E-state index is -0.918. The van der Waals surface area contributed by atoms with Crippen molar-refractivity contribution in [3.05, 3.63) is 0 Å². The number of rotatable bonds is 9. The Morgan fingerprint density at radius 3 is 2.40 bits per heavy atom. The second kappa shape index (κ2) is 9.97. The van der Waals surface area contributed by atoms with E-state index >= 15 is 0 Å². The summed E-state index contributed by atoms with van der Waals surface area (Å²) in [7, 11) is 0. The van der Waals surface area contributed by atoms with Crippen LogP contribution in [-0.2, 0) is 9.53 Å². The molecule has 3 heteroatoms. The molecular weight excluding hydrogens is 192 g/mol. The normalized spacial score (nSPS) is 12.5. The monoisotopic (exact) mass is 216 g/mol. The standard InChI is InChI=1S/C12H24O3/c1-3-5-6-7-8-9-11(13)12(14)15-10-4-2/h11,13H,3-10H2,1-2H3. The van der Waals surface area contributed by atoms with Gasteiger partial charge in [-0.1, -0.05) is 46.0 Å². The zero-order chi connectivity index (χ0) is 11.5. The van der Waals surface area contributed by atoms with E-state index in [1.165, 1.54) is 19.3 Å². The summed E-state index contributed by atoms with van der Waals surface area (Å²) in [5, 5.41) is 9.43. The zero-order valence-corrected chi connectivity index (χ0v) is 10.00. The van der Waals surface area contributed by atoms with Crippen LogP contribution in [-0.4, -0.2) is 23.8 Å². The highest BCUT2D eigenvalue weighted by molar-refractivity contribution is 5.74. The number of aliphatic hydroxyl groups excluding tert-OH is 1. The van der Waals surface area contributed by atoms with E-state index < -0.39 is 12.1 Å². The number of unbranched alkanes of at least 4 members (excludes halogenated alkanes) is 4. The van der Waals surface area contributed by atoms with E-state index in [-0.39, 0.29) is 0 Å². The van der Waals surface area contributed by atoms with E-state index in [0.29, 0.717) is 13.0 Å². The molecule has 0 aromatic rings. The van der Waals surface area contributed by atoms with Gasteiger partial charge in [-0.3, -0.25) is 0 Å². The maximum Gasteiger partial charge on any atom is 0.334 e. The van der Waals surface area contributed by atoms with Gasteiger partial charge in [0.15, 0.2) is 6.10 Å². The SMILES string of the molecule is CCCCCCCC(O)C(=O)OCCC. The Kier molecular flexibility index (Phi) is 9.59. The van der Waals surface area contributed by atoms with Crippen LogP contribution in [0.1, 0.15) is 58.8 Å². The van der Waals surface area contributed by atoms with Crippen molar-refractivity contribution in [1.82, 2.24) is 0 Å². The molecule has 0 heterocycles. The van der Waals surface area contributed by atoms with Crippen LogP contribution in [0, 0.1) is 0 Å². The zero-order valence-electron chi connectivity index (χ0n) is 10.00. The molecule has 0 saturated carbocycles. The number of esters is 1. The predicted molar refractivity (Wildman–Crippen MR) is 60.6 cm³/mol. The molecule has 0 aliphatic heterocycles. The molecule has 1 unspecified atom stereocenters. The number of carbonyl (C=O) groups excluding carboxylic acids is 1. The van der Waals surface area contributed by atoms with Crippen molar-refractivity contribution in [2.45, 2.75) is 64.9 Å². The van der Waals surface area contributed by atoms with Crippen molar-refractivity contribution in [1.29, 1.82) is 0 Å². The molecule has 0 rings (SSSR count). The Balaban J connectivity index is 3.38. The number of ether oxygens (including phenoxy) is 1. The lowest BCUT2D eigenvalue weighted by atomic mass is 10.1. The van der Waals surface area contributed by atoms with E-state index in [0.717, 1.165) is 19.3 Å². The molecule has 90 valence electrons. The number of hydrogen-bond donors (Lipinski definition) is 1. The highest BCUT2D eigenvalue weighted by Crippen LogP contribution is 2.08. The first-order valence-corrected chi connectivity index (χ1v) is 6.07. The molecule has 0 aliphatic rings. The van der Waals surface area contributed by atoms with E-state index in [1.54, 1.807) is 0 Å². The van der Waals surface area contributed by atoms with Gasteiger partial charge in [-0.25, -0.2) is 4.79 Å². The third-order valence-electron chi connectivity index (χ3n) is 2.30. The molecule has 3 nitrogen and oxygen atoms in total. The third-order valence-corrected chi connectivity index (χ3v) is 2.30. The molecule has 0 amide bonds. The first-order valence-electron chi connectivity index (χ1n) is 6.07. The summed E-state index contributed by atoms with van der Waals surface area (Å²) >= 11 is 0. The number of aliphatic hydroxyl groups is 1. The van der Waals surface area contributed by atoms with Crippen LogP contribution in [0.4, 0.5) is 0 Å². The van der Waals surface area contributed by atoms with Crippen molar-refractivity contribution in [3.8, 4) is 0 Å². The number of hydrogen-bond acceptors (Lipinski definition) is 3. The molecule has 0 aliphatic carbocycles. The van der Waals surface area contributed by atoms with Crippen LogP contribution in [0.5, 0.6) is 0 Å². The van der Waals surface area contributed by atoms with E-state index in [1.807, 2.05) is 6.92 Å². The van der Waals surface area contributed by atoms with E-state index in [2.05, 4.69) is 6.92 Å². The molecule has 0 saturated heterocycles. The Hall–Kier alpha value is -0.570. The minimum Gasteiger partial charge on any atom is -0.464 e. The minimum absolute atomic E-state index is 0.408. The van der Waals surface area contributed by atoms with Crippen molar-refractivity contribution in [3.63, 3.8) is 0 Å². The fourth-order valence-electron chi connectivity index (χ4n) is 1.36. The lowest BCUT2D eigenvalue weighted by Crippen LogP contribution is -2.23. The fourth-order valence-corrected chi connectivity index (χ4v) is 1.36. The van der Waals surface area contributed by atoms with E-state index in [9.17, 15) is 9.90 Å². The summed E-state index contributed by atoms with van der Waals surface area (Å²) < 4.78 is 4.84. The van der Waals surface area contributed by atoms with Crippen molar-refractivity contribution >= 4 is 5.97 Å². The van der Waals surface area contributed by atoms with Gasteiger partial charge in [0.2, 0.25) is 0 Å². The predicted octanol–water partition coefficient (Wildman–Crippen LogP) is 2.66. The van der Waals surface area contributed by atoms with Crippen LogP contribution in [0.2, 0.25) is 0 Å². The third kappa shape index (κ3) is 8.43. The molecule has 15 heavy (non-hydrogen) atoms. The topological polar surface area (TPSA) is 46.5 Å². The average Bonchev–Trinajstić information content (AvgIpc) is 2.25. The van der Waals surface area contributed by atoms with Crippen LogP contribution < -0.4 is 0 Å². The summed E-state index contributed by atoms with van der Waals surface area (Å²) in [5.74, 6) is -0.465. The summed E-state index contributed by atoms with van der Waals surface area (Å²) in [6.45, 7) is 4.51. The van der Waals surface area contributed by atoms with E-state index in [4.69, 9.17) is 4.74 Å². The Labute approximate surface area is 92.8 Å². The Bertz CT molecular complexity index is 157. The quantitative estimate of drug-likeness (QED) is 0.476. The first kappa shape index (κ1) is 14.4. The van der Waals surface area contributed by atoms with Crippen molar-refractivity contribution < 1.29 is 14.6 Å². The second-order valence-electron chi connectivity index (χ2n) is 3.89. The highest BCUT2D eigenvalue weighted by Gasteiger charge is 2.15. The lowest BCUT2D eigenvalue weighted by Gasteiger charge is -2.09. The molecule has 0 radical (unpaired) electrons. The molecule has 1 N–H and O–H groups in total. The molecule has 0 fully saturated rings. The van der Waals surface area contributed by atoms with Crippen LogP contribution in [0.15, 0.2) is 0 Å². The summed E-state index contributed by atoms with van der Waals surface area (Å²) in [5.41, 5.74) is 0. The summed E-state index contributed by atoms with van der Waals surface area (Å²) in [6.07, 6.45) is 6.04. The molecule has 0 bridgehead atoms. The van der Waals surface area contributed by atoms with Gasteiger partial charge < -0.3 is 9.84 Å². The maximum absolute atomic E-state index is 11.1. The molecule has 1 atom stereocenters. The largest absolute Gasteiger partial charge is 0.464 e. The fraction of sp³-hybridized carbons (Fsp3) is 0.917. The van der Waals surface area contributed by atoms with Crippen LogP contribution in [0.25, 0.3) is 0 Å². The van der Waals surface area contributed by atoms with Crippen molar-refractivity contribution in [2.75, 3.05) is 6.61 Å². The molecular formula is C12H24O3. The van der Waals surface area contributed by atoms with Gasteiger partial charge in [-0.05, 0) is 12.8 Å². The lowest BCUT2D eigenvalue weighted by molar-refractivity contribution is -0.153. The first-order chi connectivity index (χ1) is 7.22. The van der Waals surface area contributed by atoms with Gasteiger partial charge in [0.1, 0.15) is 0 Å². The Morgan fingerprint density at radius 1 is 1.13 bits per heavy atom. The molecule has 0 spiro atoms. The van der Waals surface area contributed by atoms with Crippen molar-refractivity contribution in [2.24, 2.45) is 0 Å². The summed E-state index contributed by atoms with van der Waals surface area (Å²) in [6, 6.07) is 0.